The Hall–Kier alpha value is -1.69. The van der Waals surface area contributed by atoms with Gasteiger partial charge < -0.3 is 10.4 Å². The number of carbonyl (C=O) groups is 2. The Morgan fingerprint density at radius 3 is 2.70 bits per heavy atom. The molecule has 1 aromatic rings. The highest BCUT2D eigenvalue weighted by molar-refractivity contribution is 7.98. The van der Waals surface area contributed by atoms with Crippen molar-refractivity contribution < 1.29 is 14.7 Å². The van der Waals surface area contributed by atoms with E-state index in [0.717, 1.165) is 11.3 Å². The van der Waals surface area contributed by atoms with Crippen molar-refractivity contribution in [2.45, 2.75) is 19.4 Å². The summed E-state index contributed by atoms with van der Waals surface area (Å²) in [5.74, 6) is -0.323. The second-order valence-electron chi connectivity index (χ2n) is 4.52. The van der Waals surface area contributed by atoms with Crippen LogP contribution in [0.1, 0.15) is 12.0 Å². The Morgan fingerprint density at radius 2 is 2.15 bits per heavy atom. The smallest absolute Gasteiger partial charge is 0.326 e. The molecule has 5 nitrogen and oxygen atoms in total. The number of aryl methyl sites for hydroxylation is 1. The highest BCUT2D eigenvalue weighted by atomic mass is 32.2. The summed E-state index contributed by atoms with van der Waals surface area (Å²) in [6, 6.07) is 6.21. The quantitative estimate of drug-likeness (QED) is 0.845. The molecule has 2 amide bonds. The lowest BCUT2D eigenvalue weighted by atomic mass is 10.2. The van der Waals surface area contributed by atoms with Crippen LogP contribution in [-0.2, 0) is 4.79 Å². The maximum absolute atomic E-state index is 12.1. The molecule has 0 fully saturated rings. The van der Waals surface area contributed by atoms with Gasteiger partial charge in [-0.3, -0.25) is 4.90 Å². The number of thioether (sulfide) groups is 1. The molecule has 0 saturated carbocycles. The van der Waals surface area contributed by atoms with Crippen molar-refractivity contribution in [3.8, 4) is 0 Å². The van der Waals surface area contributed by atoms with E-state index in [9.17, 15) is 9.59 Å². The van der Waals surface area contributed by atoms with Gasteiger partial charge in [-0.15, -0.1) is 0 Å². The predicted molar refractivity (Wildman–Crippen MR) is 82.5 cm³/mol. The topological polar surface area (TPSA) is 69.6 Å². The molecular weight excluding hydrogens is 276 g/mol. The van der Waals surface area contributed by atoms with Gasteiger partial charge in [0.15, 0.2) is 0 Å². The Labute approximate surface area is 123 Å². The number of nitrogens with one attached hydrogen (secondary N) is 1. The molecule has 0 aliphatic carbocycles. The molecule has 0 saturated heterocycles. The zero-order valence-electron chi connectivity index (χ0n) is 11.9. The van der Waals surface area contributed by atoms with Gasteiger partial charge >= 0.3 is 12.0 Å². The van der Waals surface area contributed by atoms with Gasteiger partial charge in [0.05, 0.1) is 0 Å². The van der Waals surface area contributed by atoms with Crippen LogP contribution in [0.5, 0.6) is 0 Å². The number of amides is 2. The molecule has 0 bridgehead atoms. The minimum Gasteiger partial charge on any atom is -0.480 e. The monoisotopic (exact) mass is 296 g/mol. The summed E-state index contributed by atoms with van der Waals surface area (Å²) in [5.41, 5.74) is 1.77. The molecule has 0 radical (unpaired) electrons. The summed E-state index contributed by atoms with van der Waals surface area (Å²) >= 11 is 1.55. The first kappa shape index (κ1) is 16.4. The van der Waals surface area contributed by atoms with Crippen molar-refractivity contribution in [3.05, 3.63) is 29.8 Å². The third kappa shape index (κ3) is 4.77. The van der Waals surface area contributed by atoms with E-state index in [-0.39, 0.29) is 0 Å². The SMILES string of the molecule is CSCC[C@@H](NC(=O)N(C)c1cccc(C)c1)C(=O)O. The number of rotatable bonds is 6. The largest absolute Gasteiger partial charge is 0.480 e. The normalized spacial score (nSPS) is 11.8. The zero-order valence-corrected chi connectivity index (χ0v) is 12.7. The van der Waals surface area contributed by atoms with Gasteiger partial charge in [0, 0.05) is 12.7 Å². The maximum atomic E-state index is 12.1. The third-order valence-electron chi connectivity index (χ3n) is 2.90. The first-order valence-corrected chi connectivity index (χ1v) is 7.67. The van der Waals surface area contributed by atoms with Gasteiger partial charge in [-0.1, -0.05) is 12.1 Å². The lowest BCUT2D eigenvalue weighted by Crippen LogP contribution is -2.47. The zero-order chi connectivity index (χ0) is 15.1. The van der Waals surface area contributed by atoms with Gasteiger partial charge in [-0.25, -0.2) is 9.59 Å². The van der Waals surface area contributed by atoms with Crippen LogP contribution >= 0.6 is 11.8 Å². The number of carbonyl (C=O) groups excluding carboxylic acids is 1. The average molecular weight is 296 g/mol. The first-order valence-electron chi connectivity index (χ1n) is 6.28. The number of carboxylic acid groups (broad SMARTS) is 1. The summed E-state index contributed by atoms with van der Waals surface area (Å²) in [5, 5.41) is 11.6. The summed E-state index contributed by atoms with van der Waals surface area (Å²) < 4.78 is 0. The molecule has 0 unspecified atom stereocenters. The van der Waals surface area contributed by atoms with Crippen LogP contribution in [0, 0.1) is 6.92 Å². The number of hydrogen-bond acceptors (Lipinski definition) is 3. The predicted octanol–water partition coefficient (Wildman–Crippen LogP) is 2.35. The molecule has 20 heavy (non-hydrogen) atoms. The van der Waals surface area contributed by atoms with Crippen LogP contribution in [0.25, 0.3) is 0 Å². The van der Waals surface area contributed by atoms with Crippen LogP contribution in [0.3, 0.4) is 0 Å². The molecule has 0 aliphatic rings. The van der Waals surface area contributed by atoms with E-state index in [1.807, 2.05) is 37.4 Å². The number of nitrogens with zero attached hydrogens (tertiary/aromatic N) is 1. The number of aliphatic carboxylic acids is 1. The molecule has 0 spiro atoms. The highest BCUT2D eigenvalue weighted by Gasteiger charge is 2.21. The lowest BCUT2D eigenvalue weighted by Gasteiger charge is -2.21. The van der Waals surface area contributed by atoms with Gasteiger partial charge in [0.2, 0.25) is 0 Å². The minimum absolute atomic E-state index is 0.407. The molecule has 2 N–H and O–H groups in total. The van der Waals surface area contributed by atoms with E-state index in [0.29, 0.717) is 12.2 Å². The summed E-state index contributed by atoms with van der Waals surface area (Å²) in [7, 11) is 1.62. The molecule has 0 aromatic heterocycles. The van der Waals surface area contributed by atoms with E-state index in [2.05, 4.69) is 5.32 Å². The van der Waals surface area contributed by atoms with Crippen molar-refractivity contribution in [2.75, 3.05) is 24.0 Å². The van der Waals surface area contributed by atoms with Crippen LogP contribution in [0.4, 0.5) is 10.5 Å². The fourth-order valence-electron chi connectivity index (χ4n) is 1.69. The number of anilines is 1. The molecule has 1 aromatic carbocycles. The van der Waals surface area contributed by atoms with Crippen molar-refractivity contribution in [2.24, 2.45) is 0 Å². The number of hydrogen-bond donors (Lipinski definition) is 2. The summed E-state index contributed by atoms with van der Waals surface area (Å²) in [6.45, 7) is 1.94. The fraction of sp³-hybridized carbons (Fsp3) is 0.429. The van der Waals surface area contributed by atoms with Crippen LogP contribution in [-0.4, -0.2) is 42.2 Å². The lowest BCUT2D eigenvalue weighted by molar-refractivity contribution is -0.139. The molecule has 1 rings (SSSR count). The van der Waals surface area contributed by atoms with Gasteiger partial charge in [-0.2, -0.15) is 11.8 Å². The highest BCUT2D eigenvalue weighted by Crippen LogP contribution is 2.14. The van der Waals surface area contributed by atoms with Crippen molar-refractivity contribution in [1.29, 1.82) is 0 Å². The number of carboxylic acids is 1. The second kappa shape index (κ2) is 7.79. The molecule has 110 valence electrons. The van der Waals surface area contributed by atoms with Gasteiger partial charge in [0.1, 0.15) is 6.04 Å². The average Bonchev–Trinajstić information content (AvgIpc) is 2.42. The van der Waals surface area contributed by atoms with Crippen LogP contribution in [0.2, 0.25) is 0 Å². The molecule has 0 aliphatic heterocycles. The fourth-order valence-corrected chi connectivity index (χ4v) is 2.16. The van der Waals surface area contributed by atoms with E-state index >= 15 is 0 Å². The van der Waals surface area contributed by atoms with Crippen molar-refractivity contribution in [1.82, 2.24) is 5.32 Å². The first-order chi connectivity index (χ1) is 9.45. The van der Waals surface area contributed by atoms with E-state index < -0.39 is 18.0 Å². The van der Waals surface area contributed by atoms with Gasteiger partial charge in [-0.05, 0) is 43.0 Å². The van der Waals surface area contributed by atoms with E-state index in [4.69, 9.17) is 5.11 Å². The molecular formula is C14H20N2O3S. The Balaban J connectivity index is 2.70. The third-order valence-corrected chi connectivity index (χ3v) is 3.54. The Kier molecular flexibility index (Phi) is 6.38. The van der Waals surface area contributed by atoms with Gasteiger partial charge in [0.25, 0.3) is 0 Å². The Bertz CT molecular complexity index is 479. The second-order valence-corrected chi connectivity index (χ2v) is 5.51. The molecule has 6 heteroatoms. The molecule has 0 heterocycles. The van der Waals surface area contributed by atoms with E-state index in [1.165, 1.54) is 4.90 Å². The summed E-state index contributed by atoms with van der Waals surface area (Å²) in [4.78, 5) is 24.6. The van der Waals surface area contributed by atoms with Crippen LogP contribution in [0.15, 0.2) is 24.3 Å². The van der Waals surface area contributed by atoms with E-state index in [1.54, 1.807) is 18.8 Å². The summed E-state index contributed by atoms with van der Waals surface area (Å²) in [6.07, 6.45) is 2.31. The van der Waals surface area contributed by atoms with Crippen LogP contribution < -0.4 is 10.2 Å². The standard InChI is InChI=1S/C14H20N2O3S/c1-10-5-4-6-11(9-10)16(2)14(19)15-12(13(17)18)7-8-20-3/h4-6,9,12H,7-8H2,1-3H3,(H,15,19)(H,17,18)/t12-/m1/s1. The maximum Gasteiger partial charge on any atom is 0.326 e. The molecule has 1 atom stereocenters. The number of urea groups is 1. The van der Waals surface area contributed by atoms with Crippen molar-refractivity contribution >= 4 is 29.4 Å². The minimum atomic E-state index is -1.01. The number of benzene rings is 1. The Morgan fingerprint density at radius 1 is 1.45 bits per heavy atom. The van der Waals surface area contributed by atoms with Crippen molar-refractivity contribution in [3.63, 3.8) is 0 Å².